The molecule has 4 nitrogen and oxygen atoms in total. The maximum atomic E-state index is 14.5. The first-order valence-electron chi connectivity index (χ1n) is 9.25. The molecule has 27 heavy (non-hydrogen) atoms. The first-order chi connectivity index (χ1) is 13.1. The molecule has 1 saturated heterocycles. The summed E-state index contributed by atoms with van der Waals surface area (Å²) in [6.07, 6.45) is -1.82. The molecule has 2 heterocycles. The molecule has 4 rings (SSSR count). The lowest BCUT2D eigenvalue weighted by Crippen LogP contribution is -2.50. The minimum atomic E-state index is -1.40. The topological polar surface area (TPSA) is 41.6 Å². The molecule has 6 heteroatoms. The van der Waals surface area contributed by atoms with Gasteiger partial charge in [0.2, 0.25) is 0 Å². The number of alkyl halides is 1. The quantitative estimate of drug-likeness (QED) is 0.881. The highest BCUT2D eigenvalue weighted by molar-refractivity contribution is 5.83. The molecule has 2 aliphatic heterocycles. The Kier molecular flexibility index (Phi) is 5.18. The summed E-state index contributed by atoms with van der Waals surface area (Å²) in [5.41, 5.74) is 2.95. The minimum absolute atomic E-state index is 0.0993. The smallest absolute Gasteiger partial charge is 0.255 e. The predicted octanol–water partition coefficient (Wildman–Crippen LogP) is 2.63. The van der Waals surface area contributed by atoms with E-state index in [1.165, 1.54) is 12.1 Å². The molecule has 0 unspecified atom stereocenters. The van der Waals surface area contributed by atoms with Crippen LogP contribution in [0.2, 0.25) is 0 Å². The van der Waals surface area contributed by atoms with Gasteiger partial charge in [0.1, 0.15) is 12.0 Å². The Morgan fingerprint density at radius 2 is 1.93 bits per heavy atom. The molecule has 142 valence electrons. The number of ether oxygens (including phenoxy) is 1. The molecule has 2 aliphatic rings. The average molecular weight is 372 g/mol. The molecule has 0 radical (unpaired) electrons. The van der Waals surface area contributed by atoms with Crippen LogP contribution in [0.15, 0.2) is 48.5 Å². The zero-order valence-electron chi connectivity index (χ0n) is 14.9. The zero-order valence-corrected chi connectivity index (χ0v) is 14.9. The normalized spacial score (nSPS) is 25.6. The van der Waals surface area contributed by atoms with Crippen molar-refractivity contribution in [2.24, 2.45) is 0 Å². The number of carbonyl (C=O) groups is 1. The molecule has 0 aromatic heterocycles. The van der Waals surface area contributed by atoms with Crippen LogP contribution in [0.5, 0.6) is 0 Å². The Balaban J connectivity index is 1.72. The van der Waals surface area contributed by atoms with Crippen molar-refractivity contribution in [3.63, 3.8) is 0 Å². The van der Waals surface area contributed by atoms with Gasteiger partial charge < -0.3 is 15.0 Å². The standard InChI is InChI=1S/C21H22F2N2O2/c22-16-7-5-15(6-8-16)19-17-4-2-1-3-14(17)9-11-25(19)21(26)20-18(23)13-24-10-12-27-20/h1-8,18-20,24H,9-13H2/t18-,19-,20+/m0/s1. The van der Waals surface area contributed by atoms with E-state index in [0.29, 0.717) is 26.1 Å². The van der Waals surface area contributed by atoms with E-state index in [0.717, 1.165) is 16.7 Å². The summed E-state index contributed by atoms with van der Waals surface area (Å²) in [5, 5.41) is 2.94. The van der Waals surface area contributed by atoms with Gasteiger partial charge in [-0.25, -0.2) is 8.78 Å². The zero-order chi connectivity index (χ0) is 18.8. The number of hydrogen-bond donors (Lipinski definition) is 1. The monoisotopic (exact) mass is 372 g/mol. The lowest BCUT2D eigenvalue weighted by Gasteiger charge is -2.39. The maximum absolute atomic E-state index is 14.5. The number of fused-ring (bicyclic) bond motifs is 1. The van der Waals surface area contributed by atoms with Crippen LogP contribution in [0.25, 0.3) is 0 Å². The second-order valence-corrected chi connectivity index (χ2v) is 6.95. The van der Waals surface area contributed by atoms with Crippen molar-refractivity contribution in [2.45, 2.75) is 24.7 Å². The van der Waals surface area contributed by atoms with Gasteiger partial charge in [0.05, 0.1) is 12.6 Å². The third-order valence-electron chi connectivity index (χ3n) is 5.24. The predicted molar refractivity (Wildman–Crippen MR) is 97.6 cm³/mol. The number of nitrogens with one attached hydrogen (secondary N) is 1. The first-order valence-corrected chi connectivity index (χ1v) is 9.25. The van der Waals surface area contributed by atoms with Crippen LogP contribution < -0.4 is 5.32 Å². The Bertz CT molecular complexity index is 812. The molecule has 1 N–H and O–H groups in total. The molecule has 0 spiro atoms. The summed E-state index contributed by atoms with van der Waals surface area (Å²) in [5.74, 6) is -0.683. The number of amides is 1. The Morgan fingerprint density at radius 3 is 2.74 bits per heavy atom. The van der Waals surface area contributed by atoms with Crippen molar-refractivity contribution in [2.75, 3.05) is 26.2 Å². The summed E-state index contributed by atoms with van der Waals surface area (Å²) < 4.78 is 33.5. The maximum Gasteiger partial charge on any atom is 0.255 e. The summed E-state index contributed by atoms with van der Waals surface area (Å²) in [6, 6.07) is 13.7. The van der Waals surface area contributed by atoms with Crippen molar-refractivity contribution in [1.29, 1.82) is 0 Å². The second-order valence-electron chi connectivity index (χ2n) is 6.95. The molecule has 1 fully saturated rings. The molecular formula is C21H22F2N2O2. The summed E-state index contributed by atoms with van der Waals surface area (Å²) >= 11 is 0. The summed E-state index contributed by atoms with van der Waals surface area (Å²) in [4.78, 5) is 14.9. The van der Waals surface area contributed by atoms with E-state index in [2.05, 4.69) is 5.32 Å². The number of nitrogens with zero attached hydrogens (tertiary/aromatic N) is 1. The van der Waals surface area contributed by atoms with E-state index in [1.807, 2.05) is 24.3 Å². The Hall–Kier alpha value is -2.31. The van der Waals surface area contributed by atoms with Gasteiger partial charge in [-0.05, 0) is 35.2 Å². The van der Waals surface area contributed by atoms with Crippen LogP contribution in [-0.4, -0.2) is 49.3 Å². The fourth-order valence-corrected chi connectivity index (χ4v) is 3.91. The minimum Gasteiger partial charge on any atom is -0.364 e. The Labute approximate surface area is 157 Å². The van der Waals surface area contributed by atoms with E-state index in [4.69, 9.17) is 4.74 Å². The second kappa shape index (κ2) is 7.74. The van der Waals surface area contributed by atoms with E-state index in [9.17, 15) is 13.6 Å². The van der Waals surface area contributed by atoms with Crippen LogP contribution in [-0.2, 0) is 16.0 Å². The number of carbonyl (C=O) groups excluding carboxylic acids is 1. The number of hydrogen-bond acceptors (Lipinski definition) is 3. The third-order valence-corrected chi connectivity index (χ3v) is 5.24. The molecule has 0 bridgehead atoms. The van der Waals surface area contributed by atoms with Gasteiger partial charge >= 0.3 is 0 Å². The fourth-order valence-electron chi connectivity index (χ4n) is 3.91. The van der Waals surface area contributed by atoms with Crippen LogP contribution in [0.3, 0.4) is 0 Å². The number of rotatable bonds is 2. The molecule has 1 amide bonds. The first kappa shape index (κ1) is 18.1. The highest BCUT2D eigenvalue weighted by atomic mass is 19.1. The molecule has 2 aromatic rings. The number of benzene rings is 2. The third kappa shape index (κ3) is 3.59. The van der Waals surface area contributed by atoms with Gasteiger partial charge in [0.15, 0.2) is 6.10 Å². The van der Waals surface area contributed by atoms with E-state index in [1.54, 1.807) is 17.0 Å². The van der Waals surface area contributed by atoms with Gasteiger partial charge in [0, 0.05) is 19.6 Å². The average Bonchev–Trinajstić information content (AvgIpc) is 2.91. The SMILES string of the molecule is O=C([C@@H]1OCCNC[C@@H]1F)N1CCc2ccccc2[C@@H]1c1ccc(F)cc1. The van der Waals surface area contributed by atoms with Gasteiger partial charge in [-0.2, -0.15) is 0 Å². The van der Waals surface area contributed by atoms with Crippen LogP contribution in [0, 0.1) is 5.82 Å². The fraction of sp³-hybridized carbons (Fsp3) is 0.381. The van der Waals surface area contributed by atoms with Gasteiger partial charge in [-0.1, -0.05) is 36.4 Å². The number of halogens is 2. The summed E-state index contributed by atoms with van der Waals surface area (Å²) in [7, 11) is 0. The van der Waals surface area contributed by atoms with E-state index >= 15 is 0 Å². The van der Waals surface area contributed by atoms with Gasteiger partial charge in [-0.3, -0.25) is 4.79 Å². The highest BCUT2D eigenvalue weighted by Gasteiger charge is 2.39. The lowest BCUT2D eigenvalue weighted by atomic mass is 9.87. The van der Waals surface area contributed by atoms with E-state index < -0.39 is 12.3 Å². The van der Waals surface area contributed by atoms with Gasteiger partial charge in [0.25, 0.3) is 5.91 Å². The van der Waals surface area contributed by atoms with Crippen LogP contribution >= 0.6 is 0 Å². The van der Waals surface area contributed by atoms with Crippen LogP contribution in [0.1, 0.15) is 22.7 Å². The van der Waals surface area contributed by atoms with Crippen molar-refractivity contribution in [3.8, 4) is 0 Å². The highest BCUT2D eigenvalue weighted by Crippen LogP contribution is 2.36. The molecule has 0 aliphatic carbocycles. The summed E-state index contributed by atoms with van der Waals surface area (Å²) in [6.45, 7) is 1.39. The molecular weight excluding hydrogens is 350 g/mol. The molecule has 3 atom stereocenters. The largest absolute Gasteiger partial charge is 0.364 e. The van der Waals surface area contributed by atoms with Crippen molar-refractivity contribution >= 4 is 5.91 Å². The molecule has 2 aromatic carbocycles. The van der Waals surface area contributed by atoms with Gasteiger partial charge in [-0.15, -0.1) is 0 Å². The van der Waals surface area contributed by atoms with Crippen molar-refractivity contribution in [3.05, 3.63) is 71.0 Å². The Morgan fingerprint density at radius 1 is 1.15 bits per heavy atom. The van der Waals surface area contributed by atoms with E-state index in [-0.39, 0.29) is 24.3 Å². The van der Waals surface area contributed by atoms with Crippen molar-refractivity contribution < 1.29 is 18.3 Å². The lowest BCUT2D eigenvalue weighted by molar-refractivity contribution is -0.149. The molecule has 0 saturated carbocycles. The van der Waals surface area contributed by atoms with Crippen LogP contribution in [0.4, 0.5) is 8.78 Å². The van der Waals surface area contributed by atoms with Crippen molar-refractivity contribution in [1.82, 2.24) is 10.2 Å².